The van der Waals surface area contributed by atoms with E-state index in [9.17, 15) is 17.9 Å². The summed E-state index contributed by atoms with van der Waals surface area (Å²) in [5, 5.41) is 2.93. The van der Waals surface area contributed by atoms with Crippen LogP contribution in [0.15, 0.2) is 84.0 Å². The number of benzene rings is 2. The van der Waals surface area contributed by atoms with Crippen LogP contribution in [0.4, 0.5) is 4.39 Å². The molecule has 1 aliphatic rings. The van der Waals surface area contributed by atoms with Crippen LogP contribution in [0.25, 0.3) is 0 Å². The van der Waals surface area contributed by atoms with Crippen LogP contribution in [0, 0.1) is 11.7 Å². The molecule has 8 heteroatoms. The van der Waals surface area contributed by atoms with Crippen molar-refractivity contribution < 1.29 is 17.9 Å². The summed E-state index contributed by atoms with van der Waals surface area (Å²) in [4.78, 5) is 16.9. The molecule has 1 saturated heterocycles. The lowest BCUT2D eigenvalue weighted by Gasteiger charge is -2.28. The highest BCUT2D eigenvalue weighted by Crippen LogP contribution is 2.41. The maximum atomic E-state index is 13.4. The van der Waals surface area contributed by atoms with Crippen LogP contribution in [-0.4, -0.2) is 32.8 Å². The molecule has 6 nitrogen and oxygen atoms in total. The maximum absolute atomic E-state index is 13.4. The number of nitrogens with one attached hydrogen (secondary N) is 1. The number of halogens is 1. The minimum Gasteiger partial charge on any atom is -0.593 e. The average Bonchev–Trinajstić information content (AvgIpc) is 3.27. The minimum atomic E-state index is -3.88. The topological polar surface area (TPSA) is 85.4 Å². The molecule has 0 spiro atoms. The highest BCUT2D eigenvalue weighted by atomic mass is 32.3. The van der Waals surface area contributed by atoms with Crippen molar-refractivity contribution in [2.45, 2.75) is 23.8 Å². The Labute approximate surface area is 187 Å². The van der Waals surface area contributed by atoms with Crippen molar-refractivity contribution in [3.63, 3.8) is 0 Å². The molecule has 1 unspecified atom stereocenters. The highest BCUT2D eigenvalue weighted by molar-refractivity contribution is 7.95. The van der Waals surface area contributed by atoms with Gasteiger partial charge >= 0.3 is 0 Å². The highest BCUT2D eigenvalue weighted by Gasteiger charge is 2.47. The molecule has 1 aromatic heterocycles. The third kappa shape index (κ3) is 4.93. The molecule has 2 heterocycles. The molecule has 0 aliphatic carbocycles. The number of carbonyl (C=O) groups is 1. The van der Waals surface area contributed by atoms with Crippen molar-refractivity contribution in [3.05, 3.63) is 96.1 Å². The smallest absolute Gasteiger partial charge is 0.224 e. The fraction of sp³-hybridized carbons (Fsp3) is 0.250. The van der Waals surface area contributed by atoms with Crippen LogP contribution < -0.4 is 5.32 Å². The number of sulfonamides is 1. The first-order valence-corrected chi connectivity index (χ1v) is 11.9. The van der Waals surface area contributed by atoms with Crippen LogP contribution in [0.1, 0.15) is 23.6 Å². The van der Waals surface area contributed by atoms with Crippen LogP contribution in [-0.2, 0) is 25.8 Å². The molecule has 4 rings (SSSR count). The summed E-state index contributed by atoms with van der Waals surface area (Å²) in [6.45, 7) is 0.520. The van der Waals surface area contributed by atoms with Gasteiger partial charge in [-0.2, -0.15) is 0 Å². The molecule has 3 aromatic rings. The molecular formula is C24H24FN3O3S. The predicted molar refractivity (Wildman–Crippen MR) is 118 cm³/mol. The van der Waals surface area contributed by atoms with Gasteiger partial charge in [0.2, 0.25) is 5.91 Å². The van der Waals surface area contributed by atoms with Gasteiger partial charge in [-0.1, -0.05) is 46.7 Å². The van der Waals surface area contributed by atoms with E-state index in [-0.39, 0.29) is 17.3 Å². The quantitative estimate of drug-likeness (QED) is 0.555. The predicted octanol–water partition coefficient (Wildman–Crippen LogP) is 3.55. The van der Waals surface area contributed by atoms with E-state index < -0.39 is 28.2 Å². The average molecular weight is 454 g/mol. The van der Waals surface area contributed by atoms with Crippen LogP contribution in [0.3, 0.4) is 0 Å². The van der Waals surface area contributed by atoms with E-state index in [4.69, 9.17) is 0 Å². The second-order valence-corrected chi connectivity index (χ2v) is 9.68. The van der Waals surface area contributed by atoms with Gasteiger partial charge in [-0.3, -0.25) is 9.78 Å². The second kappa shape index (κ2) is 9.68. The minimum absolute atomic E-state index is 0.0520. The molecule has 166 valence electrons. The number of rotatable bonds is 7. The standard InChI is InChI=1S/C24H24FN3O3S/c25-21-10-8-19(9-11-21)23-15-20(24(29)27-14-12-18-5-2-1-3-6-18)17-28(23)32(30,31)22-7-4-13-26-16-22/h1-11,13,16,20,23H,12,14-15,17H2,(H-,27,29,30,31)/t20-,23+/m1/s1. The summed E-state index contributed by atoms with van der Waals surface area (Å²) in [5.41, 5.74) is 1.77. The number of hydrogen-bond donors (Lipinski definition) is 1. The zero-order valence-electron chi connectivity index (χ0n) is 17.4. The lowest BCUT2D eigenvalue weighted by atomic mass is 9.99. The van der Waals surface area contributed by atoms with E-state index in [0.717, 1.165) is 5.56 Å². The Morgan fingerprint density at radius 2 is 1.88 bits per heavy atom. The molecule has 1 fully saturated rings. The van der Waals surface area contributed by atoms with E-state index in [2.05, 4.69) is 10.3 Å². The molecule has 1 aliphatic heterocycles. The largest absolute Gasteiger partial charge is 0.593 e. The van der Waals surface area contributed by atoms with E-state index in [1.54, 1.807) is 18.2 Å². The van der Waals surface area contributed by atoms with Gasteiger partial charge in [-0.05, 0) is 48.2 Å². The first-order valence-electron chi connectivity index (χ1n) is 10.4. The summed E-state index contributed by atoms with van der Waals surface area (Å²) in [6, 6.07) is 18.0. The molecule has 3 atom stereocenters. The number of pyridine rings is 1. The summed E-state index contributed by atoms with van der Waals surface area (Å²) >= 11 is 0. The lowest BCUT2D eigenvalue weighted by Crippen LogP contribution is -2.38. The second-order valence-electron chi connectivity index (χ2n) is 7.79. The SMILES string of the molecule is O=C(NCCc1ccccc1)[C@@H]1C[C@@H](c2ccc(F)cc2)N([S+](=O)([O-])c2cccnc2)C1. The van der Waals surface area contributed by atoms with Crippen LogP contribution >= 0.6 is 0 Å². The van der Waals surface area contributed by atoms with Gasteiger partial charge in [-0.25, -0.2) is 4.39 Å². The van der Waals surface area contributed by atoms with Gasteiger partial charge in [0, 0.05) is 12.7 Å². The maximum Gasteiger partial charge on any atom is 0.224 e. The van der Waals surface area contributed by atoms with Crippen LogP contribution in [0.2, 0.25) is 0 Å². The van der Waals surface area contributed by atoms with Crippen molar-refractivity contribution in [1.82, 2.24) is 14.6 Å². The zero-order valence-corrected chi connectivity index (χ0v) is 18.2. The van der Waals surface area contributed by atoms with Gasteiger partial charge in [0.25, 0.3) is 0 Å². The number of carbonyl (C=O) groups excluding carboxylic acids is 1. The molecule has 1 N–H and O–H groups in total. The monoisotopic (exact) mass is 453 g/mol. The summed E-state index contributed by atoms with van der Waals surface area (Å²) in [7, 11) is -3.88. The number of amides is 1. The summed E-state index contributed by atoms with van der Waals surface area (Å²) < 4.78 is 41.4. The van der Waals surface area contributed by atoms with Gasteiger partial charge in [0.15, 0.2) is 15.3 Å². The van der Waals surface area contributed by atoms with Gasteiger partial charge in [0.05, 0.1) is 24.7 Å². The fourth-order valence-electron chi connectivity index (χ4n) is 4.00. The molecule has 0 saturated carbocycles. The number of nitrogens with zero attached hydrogens (tertiary/aromatic N) is 2. The van der Waals surface area contributed by atoms with Gasteiger partial charge in [0.1, 0.15) is 5.82 Å². The molecule has 32 heavy (non-hydrogen) atoms. The molecule has 1 amide bonds. The van der Waals surface area contributed by atoms with Gasteiger partial charge in [-0.15, -0.1) is 4.31 Å². The van der Waals surface area contributed by atoms with E-state index in [1.165, 1.54) is 34.9 Å². The molecule has 0 bridgehead atoms. The Hall–Kier alpha value is -2.94. The molecular weight excluding hydrogens is 429 g/mol. The third-order valence-corrected chi connectivity index (χ3v) is 7.54. The van der Waals surface area contributed by atoms with E-state index in [0.29, 0.717) is 24.9 Å². The Morgan fingerprint density at radius 1 is 1.12 bits per heavy atom. The van der Waals surface area contributed by atoms with Crippen LogP contribution in [0.5, 0.6) is 0 Å². The van der Waals surface area contributed by atoms with Crippen molar-refractivity contribution in [2.75, 3.05) is 13.1 Å². The Bertz CT molecular complexity index is 1100. The van der Waals surface area contributed by atoms with Crippen molar-refractivity contribution in [1.29, 1.82) is 0 Å². The lowest BCUT2D eigenvalue weighted by molar-refractivity contribution is -0.124. The number of aromatic nitrogens is 1. The van der Waals surface area contributed by atoms with Crippen molar-refractivity contribution in [3.8, 4) is 0 Å². The Kier molecular flexibility index (Phi) is 6.74. The molecule has 2 aromatic carbocycles. The van der Waals surface area contributed by atoms with E-state index >= 15 is 0 Å². The first kappa shape index (κ1) is 22.3. The summed E-state index contributed by atoms with van der Waals surface area (Å²) in [5.74, 6) is -1.09. The first-order chi connectivity index (χ1) is 15.4. The van der Waals surface area contributed by atoms with Crippen molar-refractivity contribution >= 4 is 16.3 Å². The van der Waals surface area contributed by atoms with E-state index in [1.807, 2.05) is 30.3 Å². The number of hydrogen-bond acceptors (Lipinski definition) is 4. The summed E-state index contributed by atoms with van der Waals surface area (Å²) in [6.07, 6.45) is 3.81. The third-order valence-electron chi connectivity index (χ3n) is 5.68. The van der Waals surface area contributed by atoms with Gasteiger partial charge < -0.3 is 9.87 Å². The normalized spacial score (nSPS) is 20.6. The Balaban J connectivity index is 1.52. The Morgan fingerprint density at radius 3 is 2.56 bits per heavy atom. The fourth-order valence-corrected chi connectivity index (χ4v) is 5.64. The van der Waals surface area contributed by atoms with Crippen molar-refractivity contribution in [2.24, 2.45) is 5.92 Å². The molecule has 0 radical (unpaired) electrons. The zero-order chi connectivity index (χ0) is 22.6.